The van der Waals surface area contributed by atoms with Crippen LogP contribution in [-0.2, 0) is 4.74 Å². The van der Waals surface area contributed by atoms with Crippen molar-refractivity contribution in [2.24, 2.45) is 11.7 Å². The second kappa shape index (κ2) is 5.13. The molecule has 14 heavy (non-hydrogen) atoms. The van der Waals surface area contributed by atoms with E-state index in [0.717, 1.165) is 12.3 Å². The molecule has 0 radical (unpaired) electrons. The predicted octanol–water partition coefficient (Wildman–Crippen LogP) is 2.71. The Morgan fingerprint density at radius 1 is 1.43 bits per heavy atom. The molecule has 0 heterocycles. The summed E-state index contributed by atoms with van der Waals surface area (Å²) in [6, 6.07) is 0. The zero-order valence-electron chi connectivity index (χ0n) is 9.88. The van der Waals surface area contributed by atoms with Crippen LogP contribution in [0.3, 0.4) is 0 Å². The molecule has 0 aromatic rings. The summed E-state index contributed by atoms with van der Waals surface area (Å²) in [6.45, 7) is 7.21. The molecule has 0 bridgehead atoms. The quantitative estimate of drug-likeness (QED) is 0.755. The fourth-order valence-electron chi connectivity index (χ4n) is 1.94. The largest absolute Gasteiger partial charge is 0.376 e. The van der Waals surface area contributed by atoms with Gasteiger partial charge in [-0.3, -0.25) is 0 Å². The van der Waals surface area contributed by atoms with Gasteiger partial charge in [0.1, 0.15) is 0 Å². The first-order valence-corrected chi connectivity index (χ1v) is 5.94. The maximum Gasteiger partial charge on any atom is 0.0647 e. The summed E-state index contributed by atoms with van der Waals surface area (Å²) in [7, 11) is 0. The van der Waals surface area contributed by atoms with Gasteiger partial charge in [-0.25, -0.2) is 0 Å². The average molecular weight is 199 g/mol. The van der Waals surface area contributed by atoms with Gasteiger partial charge in [0.15, 0.2) is 0 Å². The Kier molecular flexibility index (Phi) is 4.39. The molecule has 1 rings (SSSR count). The highest BCUT2D eigenvalue weighted by atomic mass is 16.5. The summed E-state index contributed by atoms with van der Waals surface area (Å²) in [4.78, 5) is 0. The van der Waals surface area contributed by atoms with Gasteiger partial charge >= 0.3 is 0 Å². The van der Waals surface area contributed by atoms with Crippen LogP contribution < -0.4 is 5.73 Å². The van der Waals surface area contributed by atoms with Crippen LogP contribution in [-0.4, -0.2) is 18.2 Å². The minimum atomic E-state index is -0.138. The third-order valence-electron chi connectivity index (χ3n) is 3.34. The highest BCUT2D eigenvalue weighted by Crippen LogP contribution is 2.26. The van der Waals surface area contributed by atoms with E-state index in [0.29, 0.717) is 12.7 Å². The lowest BCUT2D eigenvalue weighted by molar-refractivity contribution is -0.00779. The molecule has 2 heteroatoms. The van der Waals surface area contributed by atoms with Crippen molar-refractivity contribution in [2.45, 2.75) is 64.5 Å². The molecule has 1 fully saturated rings. The third kappa shape index (κ3) is 3.97. The Morgan fingerprint density at radius 2 is 2.14 bits per heavy atom. The van der Waals surface area contributed by atoms with Crippen LogP contribution in [0.5, 0.6) is 0 Å². The Bertz CT molecular complexity index is 168. The number of hydrogen-bond acceptors (Lipinski definition) is 2. The maximum absolute atomic E-state index is 6.04. The van der Waals surface area contributed by atoms with Gasteiger partial charge < -0.3 is 10.5 Å². The van der Waals surface area contributed by atoms with E-state index >= 15 is 0 Å². The molecule has 3 unspecified atom stereocenters. The molecular formula is C12H25NO. The molecule has 0 amide bonds. The van der Waals surface area contributed by atoms with Gasteiger partial charge in [0.25, 0.3) is 0 Å². The number of rotatable bonds is 4. The van der Waals surface area contributed by atoms with Crippen molar-refractivity contribution < 1.29 is 4.74 Å². The molecule has 1 aliphatic carbocycles. The van der Waals surface area contributed by atoms with E-state index < -0.39 is 0 Å². The number of nitrogens with two attached hydrogens (primary N) is 1. The van der Waals surface area contributed by atoms with E-state index in [1.807, 2.05) is 0 Å². The monoisotopic (exact) mass is 199 g/mol. The highest BCUT2D eigenvalue weighted by Gasteiger charge is 2.22. The molecule has 2 N–H and O–H groups in total. The van der Waals surface area contributed by atoms with Crippen LogP contribution >= 0.6 is 0 Å². The maximum atomic E-state index is 6.04. The molecule has 84 valence electrons. The van der Waals surface area contributed by atoms with Crippen molar-refractivity contribution in [1.29, 1.82) is 0 Å². The first-order chi connectivity index (χ1) is 6.53. The molecular weight excluding hydrogens is 174 g/mol. The molecule has 0 saturated heterocycles. The second-order valence-corrected chi connectivity index (χ2v) is 5.21. The Labute approximate surface area is 88.2 Å². The summed E-state index contributed by atoms with van der Waals surface area (Å²) in [5.74, 6) is 0.833. The van der Waals surface area contributed by atoms with Crippen molar-refractivity contribution in [3.05, 3.63) is 0 Å². The van der Waals surface area contributed by atoms with Crippen molar-refractivity contribution in [1.82, 2.24) is 0 Å². The Balaban J connectivity index is 2.23. The number of ether oxygens (including phenoxy) is 1. The molecule has 1 aliphatic rings. The van der Waals surface area contributed by atoms with Crippen LogP contribution in [0.1, 0.15) is 52.9 Å². The smallest absolute Gasteiger partial charge is 0.0647 e. The normalized spacial score (nSPS) is 32.6. The third-order valence-corrected chi connectivity index (χ3v) is 3.34. The standard InChI is InChI=1S/C12H25NO/c1-4-12(3,13)9-14-11-7-5-6-10(2)8-11/h10-11H,4-9,13H2,1-3H3. The summed E-state index contributed by atoms with van der Waals surface area (Å²) in [6.07, 6.45) is 6.58. The Morgan fingerprint density at radius 3 is 2.71 bits per heavy atom. The van der Waals surface area contributed by atoms with Gasteiger partial charge in [-0.2, -0.15) is 0 Å². The number of hydrogen-bond donors (Lipinski definition) is 1. The van der Waals surface area contributed by atoms with Crippen molar-refractivity contribution >= 4 is 0 Å². The molecule has 0 aromatic carbocycles. The fraction of sp³-hybridized carbons (Fsp3) is 1.00. The zero-order chi connectivity index (χ0) is 10.6. The van der Waals surface area contributed by atoms with Crippen LogP contribution in [0.25, 0.3) is 0 Å². The van der Waals surface area contributed by atoms with Gasteiger partial charge in [-0.1, -0.05) is 26.7 Å². The topological polar surface area (TPSA) is 35.2 Å². The lowest BCUT2D eigenvalue weighted by Crippen LogP contribution is -2.42. The molecule has 0 aliphatic heterocycles. The summed E-state index contributed by atoms with van der Waals surface area (Å²) in [5.41, 5.74) is 5.90. The van der Waals surface area contributed by atoms with Gasteiger partial charge in [-0.05, 0) is 32.1 Å². The van der Waals surface area contributed by atoms with Crippen LogP contribution in [0.4, 0.5) is 0 Å². The summed E-state index contributed by atoms with van der Waals surface area (Å²) < 4.78 is 5.88. The minimum Gasteiger partial charge on any atom is -0.376 e. The van der Waals surface area contributed by atoms with Gasteiger partial charge in [0.2, 0.25) is 0 Å². The Hall–Kier alpha value is -0.0800. The van der Waals surface area contributed by atoms with Gasteiger partial charge in [0.05, 0.1) is 12.7 Å². The van der Waals surface area contributed by atoms with E-state index in [1.165, 1.54) is 25.7 Å². The first kappa shape index (κ1) is 12.0. The van der Waals surface area contributed by atoms with Crippen LogP contribution in [0.15, 0.2) is 0 Å². The van der Waals surface area contributed by atoms with Crippen molar-refractivity contribution in [3.8, 4) is 0 Å². The van der Waals surface area contributed by atoms with Crippen LogP contribution in [0.2, 0.25) is 0 Å². The second-order valence-electron chi connectivity index (χ2n) is 5.21. The average Bonchev–Trinajstić information content (AvgIpc) is 2.15. The summed E-state index contributed by atoms with van der Waals surface area (Å²) >= 11 is 0. The minimum absolute atomic E-state index is 0.138. The first-order valence-electron chi connectivity index (χ1n) is 5.94. The molecule has 2 nitrogen and oxygen atoms in total. The molecule has 0 aromatic heterocycles. The van der Waals surface area contributed by atoms with Gasteiger partial charge in [-0.15, -0.1) is 0 Å². The SMILES string of the molecule is CCC(C)(N)COC1CCCC(C)C1. The zero-order valence-corrected chi connectivity index (χ0v) is 9.88. The summed E-state index contributed by atoms with van der Waals surface area (Å²) in [5, 5.41) is 0. The van der Waals surface area contributed by atoms with Gasteiger partial charge in [0, 0.05) is 5.54 Å². The predicted molar refractivity (Wildman–Crippen MR) is 60.3 cm³/mol. The highest BCUT2D eigenvalue weighted by molar-refractivity contribution is 4.78. The lowest BCUT2D eigenvalue weighted by atomic mass is 9.88. The van der Waals surface area contributed by atoms with E-state index in [2.05, 4.69) is 20.8 Å². The van der Waals surface area contributed by atoms with E-state index in [4.69, 9.17) is 10.5 Å². The molecule has 3 atom stereocenters. The fourth-order valence-corrected chi connectivity index (χ4v) is 1.94. The molecule has 0 spiro atoms. The molecule has 1 saturated carbocycles. The van der Waals surface area contributed by atoms with E-state index in [9.17, 15) is 0 Å². The lowest BCUT2D eigenvalue weighted by Gasteiger charge is -2.30. The van der Waals surface area contributed by atoms with Crippen molar-refractivity contribution in [3.63, 3.8) is 0 Å². The van der Waals surface area contributed by atoms with Crippen molar-refractivity contribution in [2.75, 3.05) is 6.61 Å². The van der Waals surface area contributed by atoms with Crippen LogP contribution in [0, 0.1) is 5.92 Å². The van der Waals surface area contributed by atoms with E-state index in [-0.39, 0.29) is 5.54 Å². The van der Waals surface area contributed by atoms with E-state index in [1.54, 1.807) is 0 Å².